The van der Waals surface area contributed by atoms with Gasteiger partial charge in [-0.25, -0.2) is 0 Å². The Morgan fingerprint density at radius 3 is 2.43 bits per heavy atom. The molecule has 0 unspecified atom stereocenters. The Kier molecular flexibility index (Phi) is 5.73. The summed E-state index contributed by atoms with van der Waals surface area (Å²) < 4.78 is 0. The first-order chi connectivity index (χ1) is 6.81. The SMILES string of the molecule is C=Cc1cc(C#N)cnc1C=C.CC. The van der Waals surface area contributed by atoms with Crippen LogP contribution < -0.4 is 0 Å². The zero-order chi connectivity index (χ0) is 11.0. The Balaban J connectivity index is 0.000000791. The van der Waals surface area contributed by atoms with Crippen LogP contribution in [0.3, 0.4) is 0 Å². The molecule has 0 saturated carbocycles. The van der Waals surface area contributed by atoms with Crippen LogP contribution >= 0.6 is 0 Å². The summed E-state index contributed by atoms with van der Waals surface area (Å²) in [5.74, 6) is 0. The molecular weight excluding hydrogens is 172 g/mol. The van der Waals surface area contributed by atoms with Crippen molar-refractivity contribution >= 4 is 12.2 Å². The topological polar surface area (TPSA) is 36.7 Å². The van der Waals surface area contributed by atoms with Crippen LogP contribution in [-0.2, 0) is 0 Å². The fraction of sp³-hybridized carbons (Fsp3) is 0.167. The van der Waals surface area contributed by atoms with Crippen LogP contribution in [0.5, 0.6) is 0 Å². The Labute approximate surface area is 85.2 Å². The Morgan fingerprint density at radius 1 is 1.36 bits per heavy atom. The van der Waals surface area contributed by atoms with E-state index >= 15 is 0 Å². The lowest BCUT2D eigenvalue weighted by molar-refractivity contribution is 1.26. The van der Waals surface area contributed by atoms with Crippen LogP contribution in [0.4, 0.5) is 0 Å². The van der Waals surface area contributed by atoms with E-state index in [0.29, 0.717) is 5.56 Å². The molecule has 0 radical (unpaired) electrons. The van der Waals surface area contributed by atoms with Gasteiger partial charge in [0.15, 0.2) is 0 Å². The highest BCUT2D eigenvalue weighted by atomic mass is 14.7. The minimum atomic E-state index is 0.538. The molecule has 1 aromatic heterocycles. The molecule has 0 N–H and O–H groups in total. The first kappa shape index (κ1) is 12.1. The number of hydrogen-bond acceptors (Lipinski definition) is 2. The Bertz CT molecular complexity index is 359. The molecule has 2 nitrogen and oxygen atoms in total. The average molecular weight is 186 g/mol. The number of rotatable bonds is 2. The lowest BCUT2D eigenvalue weighted by Crippen LogP contribution is -1.87. The number of hydrogen-bond donors (Lipinski definition) is 0. The van der Waals surface area contributed by atoms with Gasteiger partial charge in [0, 0.05) is 11.8 Å². The summed E-state index contributed by atoms with van der Waals surface area (Å²) in [5.41, 5.74) is 2.13. The van der Waals surface area contributed by atoms with Crippen molar-refractivity contribution in [3.8, 4) is 6.07 Å². The minimum absolute atomic E-state index is 0.538. The fourth-order valence-corrected chi connectivity index (χ4v) is 0.888. The van der Waals surface area contributed by atoms with Gasteiger partial charge in [0.2, 0.25) is 0 Å². The van der Waals surface area contributed by atoms with Crippen LogP contribution in [0.2, 0.25) is 0 Å². The molecule has 1 rings (SSSR count). The molecule has 0 aliphatic carbocycles. The second-order valence-corrected chi connectivity index (χ2v) is 2.22. The van der Waals surface area contributed by atoms with Crippen LogP contribution in [0.1, 0.15) is 30.7 Å². The average Bonchev–Trinajstić information content (AvgIpc) is 2.30. The van der Waals surface area contributed by atoms with Crippen molar-refractivity contribution in [3.05, 3.63) is 42.2 Å². The normalized spacial score (nSPS) is 7.79. The molecule has 72 valence electrons. The van der Waals surface area contributed by atoms with E-state index in [2.05, 4.69) is 18.1 Å². The maximum atomic E-state index is 8.57. The Hall–Kier alpha value is -1.88. The van der Waals surface area contributed by atoms with Crippen LogP contribution in [0, 0.1) is 11.3 Å². The lowest BCUT2D eigenvalue weighted by atomic mass is 10.1. The van der Waals surface area contributed by atoms with Gasteiger partial charge in [-0.15, -0.1) is 0 Å². The van der Waals surface area contributed by atoms with Crippen molar-refractivity contribution in [2.75, 3.05) is 0 Å². The van der Waals surface area contributed by atoms with E-state index in [1.807, 2.05) is 19.9 Å². The molecular formula is C12H14N2. The van der Waals surface area contributed by atoms with E-state index < -0.39 is 0 Å². The van der Waals surface area contributed by atoms with Crippen LogP contribution in [0.15, 0.2) is 25.4 Å². The largest absolute Gasteiger partial charge is 0.255 e. The van der Waals surface area contributed by atoms with Crippen molar-refractivity contribution < 1.29 is 0 Å². The quantitative estimate of drug-likeness (QED) is 0.710. The molecule has 14 heavy (non-hydrogen) atoms. The molecule has 0 atom stereocenters. The summed E-state index contributed by atoms with van der Waals surface area (Å²) in [4.78, 5) is 4.03. The van der Waals surface area contributed by atoms with Gasteiger partial charge in [0.25, 0.3) is 0 Å². The third kappa shape index (κ3) is 2.87. The van der Waals surface area contributed by atoms with Crippen molar-refractivity contribution in [1.29, 1.82) is 5.26 Å². The molecule has 0 aliphatic rings. The first-order valence-electron chi connectivity index (χ1n) is 4.47. The third-order valence-electron chi connectivity index (χ3n) is 1.49. The summed E-state index contributed by atoms with van der Waals surface area (Å²) in [6.07, 6.45) is 4.81. The van der Waals surface area contributed by atoms with Gasteiger partial charge in [-0.2, -0.15) is 5.26 Å². The highest BCUT2D eigenvalue weighted by molar-refractivity contribution is 5.61. The third-order valence-corrected chi connectivity index (χ3v) is 1.49. The van der Waals surface area contributed by atoms with E-state index in [-0.39, 0.29) is 0 Å². The van der Waals surface area contributed by atoms with Gasteiger partial charge in [0.05, 0.1) is 11.3 Å². The van der Waals surface area contributed by atoms with Gasteiger partial charge in [-0.05, 0) is 12.1 Å². The van der Waals surface area contributed by atoms with E-state index in [0.717, 1.165) is 11.3 Å². The number of pyridine rings is 1. The van der Waals surface area contributed by atoms with Gasteiger partial charge in [0.1, 0.15) is 6.07 Å². The van der Waals surface area contributed by atoms with Crippen molar-refractivity contribution in [1.82, 2.24) is 4.98 Å². The highest BCUT2D eigenvalue weighted by Crippen LogP contribution is 2.10. The fourth-order valence-electron chi connectivity index (χ4n) is 0.888. The van der Waals surface area contributed by atoms with Crippen molar-refractivity contribution in [2.24, 2.45) is 0 Å². The molecule has 2 heteroatoms. The van der Waals surface area contributed by atoms with Gasteiger partial charge < -0.3 is 0 Å². The zero-order valence-corrected chi connectivity index (χ0v) is 8.62. The van der Waals surface area contributed by atoms with Crippen molar-refractivity contribution in [3.63, 3.8) is 0 Å². The second-order valence-electron chi connectivity index (χ2n) is 2.22. The summed E-state index contributed by atoms with van der Waals surface area (Å²) in [6, 6.07) is 3.74. The summed E-state index contributed by atoms with van der Waals surface area (Å²) in [7, 11) is 0. The molecule has 0 aromatic carbocycles. The predicted octanol–water partition coefficient (Wildman–Crippen LogP) is 3.27. The molecule has 0 bridgehead atoms. The molecule has 0 fully saturated rings. The maximum absolute atomic E-state index is 8.57. The highest BCUT2D eigenvalue weighted by Gasteiger charge is 1.97. The molecule has 0 spiro atoms. The maximum Gasteiger partial charge on any atom is 0.101 e. The summed E-state index contributed by atoms with van der Waals surface area (Å²) in [5, 5.41) is 8.57. The second kappa shape index (κ2) is 6.62. The molecule has 1 heterocycles. The van der Waals surface area contributed by atoms with E-state index in [1.54, 1.807) is 18.2 Å². The predicted molar refractivity (Wildman–Crippen MR) is 60.5 cm³/mol. The zero-order valence-electron chi connectivity index (χ0n) is 8.62. The smallest absolute Gasteiger partial charge is 0.101 e. The van der Waals surface area contributed by atoms with Crippen LogP contribution in [0.25, 0.3) is 12.2 Å². The molecule has 0 amide bonds. The van der Waals surface area contributed by atoms with Crippen molar-refractivity contribution in [2.45, 2.75) is 13.8 Å². The number of nitrogens with zero attached hydrogens (tertiary/aromatic N) is 2. The van der Waals surface area contributed by atoms with E-state index in [9.17, 15) is 0 Å². The van der Waals surface area contributed by atoms with Gasteiger partial charge >= 0.3 is 0 Å². The minimum Gasteiger partial charge on any atom is -0.255 e. The standard InChI is InChI=1S/C10H8N2.C2H6/c1-3-9-5-8(6-11)7-12-10(9)4-2;1-2/h3-5,7H,1-2H2;1-2H3. The lowest BCUT2D eigenvalue weighted by Gasteiger charge is -1.98. The van der Waals surface area contributed by atoms with E-state index in [4.69, 9.17) is 5.26 Å². The van der Waals surface area contributed by atoms with Crippen LogP contribution in [-0.4, -0.2) is 4.98 Å². The molecule has 0 aliphatic heterocycles. The summed E-state index contributed by atoms with van der Waals surface area (Å²) >= 11 is 0. The monoisotopic (exact) mass is 186 g/mol. The van der Waals surface area contributed by atoms with Gasteiger partial charge in [-0.3, -0.25) is 4.98 Å². The van der Waals surface area contributed by atoms with Gasteiger partial charge in [-0.1, -0.05) is 33.1 Å². The number of aromatic nitrogens is 1. The molecule has 1 aromatic rings. The Morgan fingerprint density at radius 2 is 2.00 bits per heavy atom. The first-order valence-corrected chi connectivity index (χ1v) is 4.47. The van der Waals surface area contributed by atoms with E-state index in [1.165, 1.54) is 6.20 Å². The number of nitriles is 1. The molecule has 0 saturated heterocycles. The summed E-state index contributed by atoms with van der Waals surface area (Å²) in [6.45, 7) is 11.2.